The van der Waals surface area contributed by atoms with Gasteiger partial charge in [-0.2, -0.15) is 0 Å². The quantitative estimate of drug-likeness (QED) is 0.562. The first-order valence-corrected chi connectivity index (χ1v) is 10.5. The van der Waals surface area contributed by atoms with Gasteiger partial charge in [0, 0.05) is 51.5 Å². The maximum absolute atomic E-state index is 3.99. The van der Waals surface area contributed by atoms with E-state index in [4.69, 9.17) is 0 Å². The van der Waals surface area contributed by atoms with Crippen molar-refractivity contribution >= 4 is 0 Å². The SMILES string of the molecule is C=C(C)N(C)CCCN1CCN(CCCN(CC)C(C)C)CC1.CC. The third-order valence-corrected chi connectivity index (χ3v) is 5.14. The number of hydrogen-bond donors (Lipinski definition) is 0. The van der Waals surface area contributed by atoms with Crippen molar-refractivity contribution in [3.05, 3.63) is 12.3 Å². The van der Waals surface area contributed by atoms with Gasteiger partial charge in [0.15, 0.2) is 0 Å². The summed E-state index contributed by atoms with van der Waals surface area (Å²) in [5, 5.41) is 0. The molecule has 0 bridgehead atoms. The Morgan fingerprint density at radius 1 is 0.960 bits per heavy atom. The summed E-state index contributed by atoms with van der Waals surface area (Å²) < 4.78 is 0. The Bertz CT molecular complexity index is 322. The van der Waals surface area contributed by atoms with Crippen LogP contribution in [-0.2, 0) is 0 Å². The molecule has 0 unspecified atom stereocenters. The monoisotopic (exact) mass is 354 g/mol. The average molecular weight is 355 g/mol. The highest BCUT2D eigenvalue weighted by molar-refractivity contribution is 4.86. The number of nitrogens with zero attached hydrogens (tertiary/aromatic N) is 4. The van der Waals surface area contributed by atoms with Gasteiger partial charge in [-0.3, -0.25) is 0 Å². The lowest BCUT2D eigenvalue weighted by Gasteiger charge is -2.35. The predicted molar refractivity (Wildman–Crippen MR) is 113 cm³/mol. The molecule has 4 heteroatoms. The van der Waals surface area contributed by atoms with Crippen LogP contribution >= 0.6 is 0 Å². The number of hydrogen-bond acceptors (Lipinski definition) is 4. The molecule has 0 aromatic rings. The van der Waals surface area contributed by atoms with Crippen molar-refractivity contribution in [2.24, 2.45) is 0 Å². The van der Waals surface area contributed by atoms with Crippen LogP contribution in [0.25, 0.3) is 0 Å². The molecule has 1 rings (SSSR count). The molecule has 0 saturated carbocycles. The Morgan fingerprint density at radius 3 is 1.76 bits per heavy atom. The molecular weight excluding hydrogens is 308 g/mol. The molecule has 0 spiro atoms. The van der Waals surface area contributed by atoms with Crippen LogP contribution in [0.3, 0.4) is 0 Å². The fourth-order valence-electron chi connectivity index (χ4n) is 3.24. The molecule has 25 heavy (non-hydrogen) atoms. The largest absolute Gasteiger partial charge is 0.379 e. The minimum atomic E-state index is 0.675. The number of rotatable bonds is 11. The molecule has 0 atom stereocenters. The summed E-state index contributed by atoms with van der Waals surface area (Å²) in [7, 11) is 2.14. The van der Waals surface area contributed by atoms with Gasteiger partial charge in [-0.1, -0.05) is 27.4 Å². The minimum Gasteiger partial charge on any atom is -0.379 e. The minimum absolute atomic E-state index is 0.675. The van der Waals surface area contributed by atoms with E-state index in [0.717, 1.165) is 12.2 Å². The van der Waals surface area contributed by atoms with E-state index in [-0.39, 0.29) is 0 Å². The lowest BCUT2D eigenvalue weighted by Crippen LogP contribution is -2.47. The second-order valence-electron chi connectivity index (χ2n) is 7.27. The van der Waals surface area contributed by atoms with Crippen molar-refractivity contribution in [2.45, 2.75) is 60.4 Å². The molecule has 0 aromatic heterocycles. The van der Waals surface area contributed by atoms with Crippen molar-refractivity contribution in [3.8, 4) is 0 Å². The second kappa shape index (κ2) is 14.6. The van der Waals surface area contributed by atoms with E-state index in [1.807, 2.05) is 13.8 Å². The van der Waals surface area contributed by atoms with Gasteiger partial charge in [0.25, 0.3) is 0 Å². The zero-order chi connectivity index (χ0) is 19.2. The molecule has 150 valence electrons. The van der Waals surface area contributed by atoms with Crippen LogP contribution in [-0.4, -0.2) is 91.6 Å². The smallest absolute Gasteiger partial charge is 0.0183 e. The fraction of sp³-hybridized carbons (Fsp3) is 0.905. The number of allylic oxidation sites excluding steroid dienone is 1. The van der Waals surface area contributed by atoms with E-state index in [2.05, 4.69) is 60.9 Å². The lowest BCUT2D eigenvalue weighted by molar-refractivity contribution is 0.122. The van der Waals surface area contributed by atoms with Crippen LogP contribution in [0.5, 0.6) is 0 Å². The van der Waals surface area contributed by atoms with Crippen molar-refractivity contribution in [1.82, 2.24) is 19.6 Å². The molecule has 0 aliphatic carbocycles. The van der Waals surface area contributed by atoms with Gasteiger partial charge >= 0.3 is 0 Å². The molecule has 0 N–H and O–H groups in total. The maximum atomic E-state index is 3.99. The summed E-state index contributed by atoms with van der Waals surface area (Å²) in [5.74, 6) is 0. The first kappa shape index (κ1) is 24.4. The molecule has 0 radical (unpaired) electrons. The van der Waals surface area contributed by atoms with Crippen LogP contribution in [0.4, 0.5) is 0 Å². The third kappa shape index (κ3) is 10.9. The molecule has 0 aromatic carbocycles. The van der Waals surface area contributed by atoms with Gasteiger partial charge in [0.1, 0.15) is 0 Å². The Balaban J connectivity index is 0.00000277. The molecule has 0 amide bonds. The summed E-state index contributed by atoms with van der Waals surface area (Å²) in [5.41, 5.74) is 1.16. The highest BCUT2D eigenvalue weighted by atomic mass is 15.3. The first-order chi connectivity index (χ1) is 11.9. The Hall–Kier alpha value is -0.580. The first-order valence-electron chi connectivity index (χ1n) is 10.5. The highest BCUT2D eigenvalue weighted by Crippen LogP contribution is 2.06. The number of piperazine rings is 1. The molecule has 1 heterocycles. The highest BCUT2D eigenvalue weighted by Gasteiger charge is 2.16. The molecule has 1 saturated heterocycles. The van der Waals surface area contributed by atoms with Crippen LogP contribution in [0, 0.1) is 0 Å². The van der Waals surface area contributed by atoms with Crippen LogP contribution in [0.1, 0.15) is 54.4 Å². The lowest BCUT2D eigenvalue weighted by atomic mass is 10.2. The van der Waals surface area contributed by atoms with Gasteiger partial charge in [0.2, 0.25) is 0 Å². The second-order valence-corrected chi connectivity index (χ2v) is 7.27. The molecule has 1 aliphatic rings. The van der Waals surface area contributed by atoms with E-state index >= 15 is 0 Å². The van der Waals surface area contributed by atoms with E-state index in [1.165, 1.54) is 65.2 Å². The van der Waals surface area contributed by atoms with Crippen LogP contribution in [0.2, 0.25) is 0 Å². The van der Waals surface area contributed by atoms with Gasteiger partial charge in [-0.25, -0.2) is 0 Å². The zero-order valence-corrected chi connectivity index (χ0v) is 18.4. The van der Waals surface area contributed by atoms with Gasteiger partial charge in [0.05, 0.1) is 0 Å². The summed E-state index contributed by atoms with van der Waals surface area (Å²) in [4.78, 5) is 10.1. The summed E-state index contributed by atoms with van der Waals surface area (Å²) in [6.07, 6.45) is 2.54. The standard InChI is InChI=1S/C19H40N4.C2H6/c1-7-23(19(4)5)13-9-12-22-16-14-21(15-17-22)11-8-10-20(6)18(2)3;1-2/h19H,2,7-17H2,1,3-6H3;1-2H3. The van der Waals surface area contributed by atoms with Crippen LogP contribution in [0.15, 0.2) is 12.3 Å². The molecule has 1 fully saturated rings. The predicted octanol–water partition coefficient (Wildman–Crippen LogP) is 3.61. The fourth-order valence-corrected chi connectivity index (χ4v) is 3.24. The molecule has 1 aliphatic heterocycles. The van der Waals surface area contributed by atoms with Crippen molar-refractivity contribution < 1.29 is 0 Å². The normalized spacial score (nSPS) is 16.0. The topological polar surface area (TPSA) is 13.0 Å². The third-order valence-electron chi connectivity index (χ3n) is 5.14. The zero-order valence-electron chi connectivity index (χ0n) is 18.4. The summed E-state index contributed by atoms with van der Waals surface area (Å²) >= 11 is 0. The Labute approximate surface area is 158 Å². The summed E-state index contributed by atoms with van der Waals surface area (Å²) in [6.45, 7) is 27.9. The van der Waals surface area contributed by atoms with Crippen molar-refractivity contribution in [2.75, 3.05) is 66.0 Å². The van der Waals surface area contributed by atoms with Crippen molar-refractivity contribution in [1.29, 1.82) is 0 Å². The van der Waals surface area contributed by atoms with E-state index < -0.39 is 0 Å². The van der Waals surface area contributed by atoms with Gasteiger partial charge < -0.3 is 19.6 Å². The van der Waals surface area contributed by atoms with Crippen LogP contribution < -0.4 is 0 Å². The van der Waals surface area contributed by atoms with Crippen molar-refractivity contribution in [3.63, 3.8) is 0 Å². The summed E-state index contributed by atoms with van der Waals surface area (Å²) in [6, 6.07) is 0.675. The maximum Gasteiger partial charge on any atom is 0.0183 e. The average Bonchev–Trinajstić information content (AvgIpc) is 2.61. The van der Waals surface area contributed by atoms with E-state index in [0.29, 0.717) is 6.04 Å². The molecular formula is C21H46N4. The van der Waals surface area contributed by atoms with Gasteiger partial charge in [-0.15, -0.1) is 0 Å². The van der Waals surface area contributed by atoms with E-state index in [1.54, 1.807) is 0 Å². The van der Waals surface area contributed by atoms with E-state index in [9.17, 15) is 0 Å². The van der Waals surface area contributed by atoms with Gasteiger partial charge in [-0.05, 0) is 59.8 Å². The Kier molecular flexibility index (Phi) is 14.2. The Morgan fingerprint density at radius 2 is 1.40 bits per heavy atom. The molecule has 4 nitrogen and oxygen atoms in total.